The van der Waals surface area contributed by atoms with Crippen LogP contribution in [0.1, 0.15) is 17.6 Å². The predicted molar refractivity (Wildman–Crippen MR) is 107 cm³/mol. The molecule has 8 nitrogen and oxygen atoms in total. The zero-order chi connectivity index (χ0) is 20.5. The molecule has 1 aliphatic heterocycles. The van der Waals surface area contributed by atoms with Crippen LogP contribution in [0.25, 0.3) is 0 Å². The van der Waals surface area contributed by atoms with E-state index < -0.39 is 0 Å². The van der Waals surface area contributed by atoms with Crippen LogP contribution in [0.2, 0.25) is 0 Å². The summed E-state index contributed by atoms with van der Waals surface area (Å²) < 4.78 is 16.6. The summed E-state index contributed by atoms with van der Waals surface area (Å²) in [5.74, 6) is 1.63. The van der Waals surface area contributed by atoms with Gasteiger partial charge in [0.25, 0.3) is 5.91 Å². The fourth-order valence-corrected chi connectivity index (χ4v) is 3.10. The lowest BCUT2D eigenvalue weighted by molar-refractivity contribution is -0.127. The fourth-order valence-electron chi connectivity index (χ4n) is 3.10. The van der Waals surface area contributed by atoms with Crippen molar-refractivity contribution in [3.05, 3.63) is 54.0 Å². The molecule has 2 N–H and O–H groups in total. The van der Waals surface area contributed by atoms with E-state index in [1.54, 1.807) is 12.1 Å². The van der Waals surface area contributed by atoms with Crippen LogP contribution in [0.3, 0.4) is 0 Å². The Balaban J connectivity index is 1.43. The minimum atomic E-state index is -0.351. The molecule has 1 atom stereocenters. The van der Waals surface area contributed by atoms with Gasteiger partial charge in [0.1, 0.15) is 17.3 Å². The monoisotopic (exact) mass is 401 g/mol. The number of morpholine rings is 1. The highest BCUT2D eigenvalue weighted by Gasteiger charge is 2.25. The number of nitrogens with zero attached hydrogens (tertiary/aromatic N) is 1. The van der Waals surface area contributed by atoms with Crippen molar-refractivity contribution in [1.29, 1.82) is 0 Å². The Labute approximate surface area is 170 Å². The summed E-state index contributed by atoms with van der Waals surface area (Å²) in [5, 5.41) is 5.45. The molecule has 1 aromatic heterocycles. The largest absolute Gasteiger partial charge is 0.484 e. The zero-order valence-corrected chi connectivity index (χ0v) is 16.6. The molecule has 2 aromatic rings. The lowest BCUT2D eigenvalue weighted by Crippen LogP contribution is -2.45. The third-order valence-corrected chi connectivity index (χ3v) is 4.63. The molecule has 1 aliphatic rings. The minimum Gasteiger partial charge on any atom is -0.484 e. The first-order chi connectivity index (χ1) is 14.1. The highest BCUT2D eigenvalue weighted by atomic mass is 16.5. The number of benzene rings is 1. The molecule has 8 heteroatoms. The number of carbonyl (C=O) groups excluding carboxylic acids is 2. The molecule has 156 valence electrons. The molecule has 29 heavy (non-hydrogen) atoms. The number of para-hydroxylation sites is 1. The first-order valence-electron chi connectivity index (χ1n) is 9.71. The second kappa shape index (κ2) is 10.6. The average molecular weight is 401 g/mol. The van der Waals surface area contributed by atoms with E-state index in [1.807, 2.05) is 37.3 Å². The van der Waals surface area contributed by atoms with Crippen LogP contribution in [-0.4, -0.2) is 62.7 Å². The highest BCUT2D eigenvalue weighted by Crippen LogP contribution is 2.23. The van der Waals surface area contributed by atoms with Gasteiger partial charge in [-0.3, -0.25) is 14.5 Å². The summed E-state index contributed by atoms with van der Waals surface area (Å²) in [5.41, 5.74) is 0. The van der Waals surface area contributed by atoms with Gasteiger partial charge in [0.15, 0.2) is 6.61 Å². The van der Waals surface area contributed by atoms with E-state index in [-0.39, 0.29) is 31.0 Å². The maximum atomic E-state index is 12.2. The lowest BCUT2D eigenvalue weighted by Gasteiger charge is -2.33. The third kappa shape index (κ3) is 6.62. The fraction of sp³-hybridized carbons (Fsp3) is 0.429. The van der Waals surface area contributed by atoms with Crippen molar-refractivity contribution >= 4 is 11.8 Å². The van der Waals surface area contributed by atoms with Crippen molar-refractivity contribution in [3.8, 4) is 5.75 Å². The molecular formula is C21H27N3O5. The Morgan fingerprint density at radius 3 is 2.52 bits per heavy atom. The molecule has 0 radical (unpaired) electrons. The van der Waals surface area contributed by atoms with Gasteiger partial charge < -0.3 is 24.5 Å². The summed E-state index contributed by atoms with van der Waals surface area (Å²) in [4.78, 5) is 26.3. The van der Waals surface area contributed by atoms with Gasteiger partial charge in [-0.2, -0.15) is 0 Å². The number of hydrogen-bond acceptors (Lipinski definition) is 6. The highest BCUT2D eigenvalue weighted by molar-refractivity contribution is 5.85. The molecule has 2 heterocycles. The standard InChI is InChI=1S/C21H27N3O5/c1-16-7-8-19(29-16)18(24-9-11-27-12-10-24)13-22-20(25)14-23-21(26)15-28-17-5-3-2-4-6-17/h2-8,18H,9-15H2,1H3,(H,22,25)(H,23,26). The van der Waals surface area contributed by atoms with E-state index >= 15 is 0 Å². The van der Waals surface area contributed by atoms with Gasteiger partial charge in [0, 0.05) is 19.6 Å². The summed E-state index contributed by atoms with van der Waals surface area (Å²) in [6, 6.07) is 12.8. The normalized spacial score (nSPS) is 15.5. The van der Waals surface area contributed by atoms with Gasteiger partial charge >= 0.3 is 0 Å². The van der Waals surface area contributed by atoms with Crippen LogP contribution >= 0.6 is 0 Å². The van der Waals surface area contributed by atoms with Crippen molar-refractivity contribution in [2.75, 3.05) is 46.0 Å². The summed E-state index contributed by atoms with van der Waals surface area (Å²) in [6.07, 6.45) is 0. The molecule has 1 fully saturated rings. The van der Waals surface area contributed by atoms with Crippen molar-refractivity contribution in [2.24, 2.45) is 0 Å². The number of carbonyl (C=O) groups is 2. The first-order valence-corrected chi connectivity index (χ1v) is 9.71. The molecular weight excluding hydrogens is 374 g/mol. The maximum absolute atomic E-state index is 12.2. The molecule has 1 saturated heterocycles. The maximum Gasteiger partial charge on any atom is 0.258 e. The van der Waals surface area contributed by atoms with Gasteiger partial charge in [-0.1, -0.05) is 18.2 Å². The summed E-state index contributed by atoms with van der Waals surface area (Å²) >= 11 is 0. The average Bonchev–Trinajstić information content (AvgIpc) is 3.18. The van der Waals surface area contributed by atoms with Crippen LogP contribution in [-0.2, 0) is 14.3 Å². The molecule has 1 unspecified atom stereocenters. The van der Waals surface area contributed by atoms with Gasteiger partial charge in [0.05, 0.1) is 25.8 Å². The second-order valence-corrected chi connectivity index (χ2v) is 6.80. The number of furan rings is 1. The SMILES string of the molecule is Cc1ccc(C(CNC(=O)CNC(=O)COc2ccccc2)N2CCOCC2)o1. The topological polar surface area (TPSA) is 93.0 Å². The van der Waals surface area contributed by atoms with E-state index in [2.05, 4.69) is 15.5 Å². The molecule has 0 saturated carbocycles. The van der Waals surface area contributed by atoms with E-state index in [9.17, 15) is 9.59 Å². The van der Waals surface area contributed by atoms with Crippen LogP contribution in [0, 0.1) is 6.92 Å². The minimum absolute atomic E-state index is 0.0753. The summed E-state index contributed by atoms with van der Waals surface area (Å²) in [7, 11) is 0. The van der Waals surface area contributed by atoms with Gasteiger partial charge in [0.2, 0.25) is 5.91 Å². The number of rotatable bonds is 9. The van der Waals surface area contributed by atoms with E-state index in [4.69, 9.17) is 13.9 Å². The zero-order valence-electron chi connectivity index (χ0n) is 16.6. The van der Waals surface area contributed by atoms with E-state index in [0.717, 1.165) is 24.6 Å². The Hall–Kier alpha value is -2.84. The van der Waals surface area contributed by atoms with Crippen LogP contribution < -0.4 is 15.4 Å². The molecule has 0 aliphatic carbocycles. The Morgan fingerprint density at radius 2 is 1.83 bits per heavy atom. The number of amides is 2. The van der Waals surface area contributed by atoms with Crippen molar-refractivity contribution < 1.29 is 23.5 Å². The molecule has 0 spiro atoms. The van der Waals surface area contributed by atoms with Crippen LogP contribution in [0.4, 0.5) is 0 Å². The lowest BCUT2D eigenvalue weighted by atomic mass is 10.1. The van der Waals surface area contributed by atoms with Crippen LogP contribution in [0.15, 0.2) is 46.9 Å². The predicted octanol–water partition coefficient (Wildman–Crippen LogP) is 1.27. The summed E-state index contributed by atoms with van der Waals surface area (Å²) in [6.45, 7) is 4.89. The molecule has 2 amide bonds. The van der Waals surface area contributed by atoms with Gasteiger partial charge in [-0.05, 0) is 31.2 Å². The van der Waals surface area contributed by atoms with Crippen molar-refractivity contribution in [2.45, 2.75) is 13.0 Å². The Kier molecular flexibility index (Phi) is 7.66. The first kappa shape index (κ1) is 20.9. The van der Waals surface area contributed by atoms with Crippen molar-refractivity contribution in [1.82, 2.24) is 15.5 Å². The van der Waals surface area contributed by atoms with E-state index in [0.29, 0.717) is 25.5 Å². The number of ether oxygens (including phenoxy) is 2. The Morgan fingerprint density at radius 1 is 1.07 bits per heavy atom. The van der Waals surface area contributed by atoms with Crippen molar-refractivity contribution in [3.63, 3.8) is 0 Å². The Bertz CT molecular complexity index is 787. The van der Waals surface area contributed by atoms with E-state index in [1.165, 1.54) is 0 Å². The molecule has 0 bridgehead atoms. The second-order valence-electron chi connectivity index (χ2n) is 6.80. The van der Waals surface area contributed by atoms with Gasteiger partial charge in [-0.15, -0.1) is 0 Å². The molecule has 1 aromatic carbocycles. The number of aryl methyl sites for hydroxylation is 1. The number of nitrogens with one attached hydrogen (secondary N) is 2. The van der Waals surface area contributed by atoms with Crippen LogP contribution in [0.5, 0.6) is 5.75 Å². The van der Waals surface area contributed by atoms with Gasteiger partial charge in [-0.25, -0.2) is 0 Å². The molecule has 3 rings (SSSR count). The third-order valence-electron chi connectivity index (χ3n) is 4.63. The quantitative estimate of drug-likeness (QED) is 0.657. The smallest absolute Gasteiger partial charge is 0.258 e. The number of hydrogen-bond donors (Lipinski definition) is 2.